The minimum Gasteiger partial charge on any atom is -0.479 e. The molecule has 21 heavy (non-hydrogen) atoms. The van der Waals surface area contributed by atoms with Gasteiger partial charge in [-0.15, -0.1) is 0 Å². The molecule has 1 N–H and O–H groups in total. The highest BCUT2D eigenvalue weighted by atomic mass is 35.5. The number of benzene rings is 2. The Bertz CT molecular complexity index is 647. The van der Waals surface area contributed by atoms with E-state index in [0.717, 1.165) is 6.07 Å². The molecule has 2 aromatic carbocycles. The van der Waals surface area contributed by atoms with Crippen molar-refractivity contribution in [2.75, 3.05) is 5.32 Å². The summed E-state index contributed by atoms with van der Waals surface area (Å²) in [6.07, 6.45) is -0.788. The Hall–Kier alpha value is -1.78. The van der Waals surface area contributed by atoms with E-state index in [9.17, 15) is 9.18 Å². The Morgan fingerprint density at radius 3 is 2.48 bits per heavy atom. The van der Waals surface area contributed by atoms with Crippen molar-refractivity contribution < 1.29 is 13.9 Å². The van der Waals surface area contributed by atoms with Gasteiger partial charge >= 0.3 is 0 Å². The molecule has 0 bridgehead atoms. The van der Waals surface area contributed by atoms with Gasteiger partial charge in [0.05, 0.1) is 5.02 Å². The van der Waals surface area contributed by atoms with Gasteiger partial charge in [-0.1, -0.05) is 23.2 Å². The summed E-state index contributed by atoms with van der Waals surface area (Å²) in [4.78, 5) is 12.0. The van der Waals surface area contributed by atoms with Gasteiger partial charge in [-0.25, -0.2) is 4.39 Å². The molecule has 0 radical (unpaired) electrons. The van der Waals surface area contributed by atoms with E-state index in [1.165, 1.54) is 12.1 Å². The highest BCUT2D eigenvalue weighted by molar-refractivity contribution is 6.32. The van der Waals surface area contributed by atoms with Crippen LogP contribution in [0.5, 0.6) is 5.75 Å². The number of halogens is 3. The minimum atomic E-state index is -0.788. The first-order chi connectivity index (χ1) is 9.95. The van der Waals surface area contributed by atoms with Crippen LogP contribution >= 0.6 is 23.2 Å². The predicted octanol–water partition coefficient (Wildman–Crippen LogP) is 4.54. The summed E-state index contributed by atoms with van der Waals surface area (Å²) in [6, 6.07) is 10.4. The van der Waals surface area contributed by atoms with Gasteiger partial charge in [0, 0.05) is 10.7 Å². The van der Waals surface area contributed by atoms with Gasteiger partial charge < -0.3 is 10.1 Å². The molecule has 110 valence electrons. The highest BCUT2D eigenvalue weighted by Crippen LogP contribution is 2.26. The number of rotatable bonds is 4. The standard InChI is InChI=1S/C15H12Cl2FNO2/c1-9(21-14-7-4-11(18)8-13(14)17)15(20)19-12-5-2-10(16)3-6-12/h2-9H,1H3,(H,19,20)/t9-/m0/s1. The van der Waals surface area contributed by atoms with Crippen LogP contribution in [0.2, 0.25) is 10.0 Å². The predicted molar refractivity (Wildman–Crippen MR) is 81.6 cm³/mol. The highest BCUT2D eigenvalue weighted by Gasteiger charge is 2.16. The molecular weight excluding hydrogens is 316 g/mol. The third-order valence-corrected chi connectivity index (χ3v) is 3.23. The summed E-state index contributed by atoms with van der Waals surface area (Å²) in [7, 11) is 0. The Balaban J connectivity index is 2.00. The van der Waals surface area contributed by atoms with Crippen LogP contribution in [0.15, 0.2) is 42.5 Å². The lowest BCUT2D eigenvalue weighted by Gasteiger charge is -2.15. The van der Waals surface area contributed by atoms with Crippen molar-refractivity contribution in [3.8, 4) is 5.75 Å². The number of carbonyl (C=O) groups is 1. The Morgan fingerprint density at radius 1 is 1.19 bits per heavy atom. The Labute approximate surface area is 131 Å². The molecule has 0 heterocycles. The average Bonchev–Trinajstić information content (AvgIpc) is 2.44. The molecule has 3 nitrogen and oxygen atoms in total. The monoisotopic (exact) mass is 327 g/mol. The number of hydrogen-bond acceptors (Lipinski definition) is 2. The van der Waals surface area contributed by atoms with Crippen LogP contribution in [0.3, 0.4) is 0 Å². The molecule has 2 aromatic rings. The SMILES string of the molecule is C[C@H](Oc1ccc(F)cc1Cl)C(=O)Nc1ccc(Cl)cc1. The second-order valence-electron chi connectivity index (χ2n) is 4.33. The number of anilines is 1. The summed E-state index contributed by atoms with van der Waals surface area (Å²) >= 11 is 11.6. The number of amides is 1. The van der Waals surface area contributed by atoms with Crippen LogP contribution in [0.4, 0.5) is 10.1 Å². The minimum absolute atomic E-state index is 0.112. The molecule has 0 saturated heterocycles. The zero-order chi connectivity index (χ0) is 15.4. The van der Waals surface area contributed by atoms with E-state index in [4.69, 9.17) is 27.9 Å². The Morgan fingerprint density at radius 2 is 1.86 bits per heavy atom. The van der Waals surface area contributed by atoms with E-state index in [1.807, 2.05) is 0 Å². The maximum atomic E-state index is 12.9. The van der Waals surface area contributed by atoms with Gasteiger partial charge in [0.25, 0.3) is 5.91 Å². The van der Waals surface area contributed by atoms with Crippen molar-refractivity contribution in [3.63, 3.8) is 0 Å². The fourth-order valence-corrected chi connectivity index (χ4v) is 1.93. The van der Waals surface area contributed by atoms with Crippen molar-refractivity contribution in [2.45, 2.75) is 13.0 Å². The molecule has 0 saturated carbocycles. The third kappa shape index (κ3) is 4.34. The Kier molecular flexibility index (Phi) is 5.04. The van der Waals surface area contributed by atoms with Crippen molar-refractivity contribution in [3.05, 3.63) is 58.3 Å². The molecule has 0 aromatic heterocycles. The van der Waals surface area contributed by atoms with Gasteiger partial charge in [-0.05, 0) is 49.4 Å². The van der Waals surface area contributed by atoms with E-state index in [0.29, 0.717) is 10.7 Å². The topological polar surface area (TPSA) is 38.3 Å². The van der Waals surface area contributed by atoms with Crippen LogP contribution in [-0.2, 0) is 4.79 Å². The summed E-state index contributed by atoms with van der Waals surface area (Å²) in [5.74, 6) is -0.569. The number of hydrogen-bond donors (Lipinski definition) is 1. The molecule has 6 heteroatoms. The zero-order valence-electron chi connectivity index (χ0n) is 11.1. The molecule has 0 unspecified atom stereocenters. The normalized spacial score (nSPS) is 11.8. The largest absolute Gasteiger partial charge is 0.479 e. The van der Waals surface area contributed by atoms with Crippen molar-refractivity contribution in [1.82, 2.24) is 0 Å². The number of ether oxygens (including phenoxy) is 1. The van der Waals surface area contributed by atoms with Gasteiger partial charge in [0.2, 0.25) is 0 Å². The van der Waals surface area contributed by atoms with Gasteiger partial charge in [-0.3, -0.25) is 4.79 Å². The van der Waals surface area contributed by atoms with Crippen LogP contribution in [0, 0.1) is 5.82 Å². The number of nitrogens with one attached hydrogen (secondary N) is 1. The summed E-state index contributed by atoms with van der Waals surface area (Å²) in [5.41, 5.74) is 0.602. The smallest absolute Gasteiger partial charge is 0.265 e. The lowest BCUT2D eigenvalue weighted by Crippen LogP contribution is -2.30. The van der Waals surface area contributed by atoms with E-state index in [2.05, 4.69) is 5.32 Å². The fourth-order valence-electron chi connectivity index (χ4n) is 1.59. The summed E-state index contributed by atoms with van der Waals surface area (Å²) in [6.45, 7) is 1.57. The quantitative estimate of drug-likeness (QED) is 0.895. The maximum absolute atomic E-state index is 12.9. The molecule has 1 atom stereocenters. The first-order valence-electron chi connectivity index (χ1n) is 6.14. The van der Waals surface area contributed by atoms with Crippen molar-refractivity contribution in [2.24, 2.45) is 0 Å². The second kappa shape index (κ2) is 6.78. The van der Waals surface area contributed by atoms with Gasteiger partial charge in [-0.2, -0.15) is 0 Å². The van der Waals surface area contributed by atoms with Crippen LogP contribution in [-0.4, -0.2) is 12.0 Å². The third-order valence-electron chi connectivity index (χ3n) is 2.68. The van der Waals surface area contributed by atoms with Crippen molar-refractivity contribution in [1.29, 1.82) is 0 Å². The van der Waals surface area contributed by atoms with E-state index < -0.39 is 11.9 Å². The molecule has 0 aliphatic carbocycles. The lowest BCUT2D eigenvalue weighted by molar-refractivity contribution is -0.122. The summed E-state index contributed by atoms with van der Waals surface area (Å²) in [5, 5.41) is 3.37. The first kappa shape index (κ1) is 15.6. The molecule has 0 aliphatic rings. The van der Waals surface area contributed by atoms with Crippen LogP contribution in [0.25, 0.3) is 0 Å². The van der Waals surface area contributed by atoms with E-state index >= 15 is 0 Å². The van der Waals surface area contributed by atoms with Gasteiger partial charge in [0.15, 0.2) is 6.10 Å². The van der Waals surface area contributed by atoms with Gasteiger partial charge in [0.1, 0.15) is 11.6 Å². The first-order valence-corrected chi connectivity index (χ1v) is 6.89. The number of carbonyl (C=O) groups excluding carboxylic acids is 1. The van der Waals surface area contributed by atoms with E-state index in [1.54, 1.807) is 31.2 Å². The molecule has 0 fully saturated rings. The fraction of sp³-hybridized carbons (Fsp3) is 0.133. The average molecular weight is 328 g/mol. The van der Waals surface area contributed by atoms with Crippen LogP contribution in [0.1, 0.15) is 6.92 Å². The molecule has 0 spiro atoms. The molecular formula is C15H12Cl2FNO2. The maximum Gasteiger partial charge on any atom is 0.265 e. The lowest BCUT2D eigenvalue weighted by atomic mass is 10.3. The van der Waals surface area contributed by atoms with Crippen molar-refractivity contribution >= 4 is 34.8 Å². The van der Waals surface area contributed by atoms with E-state index in [-0.39, 0.29) is 16.7 Å². The summed E-state index contributed by atoms with van der Waals surface area (Å²) < 4.78 is 18.4. The molecule has 2 rings (SSSR count). The van der Waals surface area contributed by atoms with Crippen LogP contribution < -0.4 is 10.1 Å². The zero-order valence-corrected chi connectivity index (χ0v) is 12.6. The molecule has 0 aliphatic heterocycles. The second-order valence-corrected chi connectivity index (χ2v) is 5.17. The molecule has 1 amide bonds.